The lowest BCUT2D eigenvalue weighted by Gasteiger charge is -2.28. The number of benzene rings is 10. The summed E-state index contributed by atoms with van der Waals surface area (Å²) in [6.45, 7) is 0. The summed E-state index contributed by atoms with van der Waals surface area (Å²) in [7, 11) is 0. The van der Waals surface area contributed by atoms with Gasteiger partial charge in [-0.3, -0.25) is 0 Å². The second-order valence-corrected chi connectivity index (χ2v) is 15.9. The predicted molar refractivity (Wildman–Crippen MR) is 245 cm³/mol. The standard InChI is InChI=1S/C54H33NOS/c1-3-13-39-34(11-1)25-30-44-40(17-9-18-43(39)44)36-23-28-38(29-24-36)55(50-21-10-19-47-45-16-6-8-22-52(45)57-54(47)50)49-20-7-5-14-41(49)37-27-32-51-48(33-37)46-31-26-35-12-2-4-15-42(35)53(46)56-51/h1-33H. The SMILES string of the molecule is c1ccc(N(c2ccc(-c3cccc4c3ccc3ccccc34)cc2)c2cccc3c2sc2ccccc23)c(-c2ccc3oc4c5ccccc5ccc4c3c2)c1. The molecule has 0 saturated carbocycles. The maximum absolute atomic E-state index is 6.54. The first kappa shape index (κ1) is 32.1. The maximum Gasteiger partial charge on any atom is 0.143 e. The van der Waals surface area contributed by atoms with Gasteiger partial charge in [0.25, 0.3) is 0 Å². The molecular weight excluding hydrogens is 711 g/mol. The van der Waals surface area contributed by atoms with Crippen molar-refractivity contribution < 1.29 is 4.42 Å². The molecule has 12 aromatic rings. The zero-order chi connectivity index (χ0) is 37.5. The maximum atomic E-state index is 6.54. The van der Waals surface area contributed by atoms with Gasteiger partial charge in [-0.05, 0) is 92.2 Å². The molecule has 2 heterocycles. The third kappa shape index (κ3) is 5.03. The van der Waals surface area contributed by atoms with Gasteiger partial charge in [-0.2, -0.15) is 0 Å². The number of hydrogen-bond acceptors (Lipinski definition) is 3. The number of hydrogen-bond donors (Lipinski definition) is 0. The van der Waals surface area contributed by atoms with Gasteiger partial charge in [-0.1, -0.05) is 152 Å². The Hall–Kier alpha value is -7.20. The third-order valence-corrected chi connectivity index (χ3v) is 12.9. The van der Waals surface area contributed by atoms with Crippen molar-refractivity contribution in [2.24, 2.45) is 0 Å². The molecule has 3 heteroatoms. The van der Waals surface area contributed by atoms with E-state index in [1.807, 2.05) is 11.3 Å². The molecule has 266 valence electrons. The van der Waals surface area contributed by atoms with Gasteiger partial charge in [-0.15, -0.1) is 11.3 Å². The summed E-state index contributed by atoms with van der Waals surface area (Å²) in [6.07, 6.45) is 0. The molecular formula is C54H33NOS. The van der Waals surface area contributed by atoms with E-state index in [1.165, 1.54) is 58.2 Å². The number of furan rings is 1. The van der Waals surface area contributed by atoms with Gasteiger partial charge in [0.1, 0.15) is 11.2 Å². The highest BCUT2D eigenvalue weighted by Crippen LogP contribution is 2.48. The van der Waals surface area contributed by atoms with Crippen LogP contribution in [-0.4, -0.2) is 0 Å². The van der Waals surface area contributed by atoms with Crippen LogP contribution in [0.4, 0.5) is 17.1 Å². The molecule has 0 unspecified atom stereocenters. The van der Waals surface area contributed by atoms with Crippen molar-refractivity contribution in [2.45, 2.75) is 0 Å². The minimum atomic E-state index is 0.895. The van der Waals surface area contributed by atoms with Crippen molar-refractivity contribution in [2.75, 3.05) is 4.90 Å². The van der Waals surface area contributed by atoms with Crippen molar-refractivity contribution >= 4 is 103 Å². The Morgan fingerprint density at radius 3 is 1.88 bits per heavy atom. The minimum Gasteiger partial charge on any atom is -0.455 e. The van der Waals surface area contributed by atoms with Crippen LogP contribution in [-0.2, 0) is 0 Å². The zero-order valence-corrected chi connectivity index (χ0v) is 31.6. The summed E-state index contributed by atoms with van der Waals surface area (Å²) in [4.78, 5) is 2.46. The van der Waals surface area contributed by atoms with E-state index in [2.05, 4.69) is 205 Å². The van der Waals surface area contributed by atoms with Gasteiger partial charge in [0.15, 0.2) is 0 Å². The fraction of sp³-hybridized carbons (Fsp3) is 0. The van der Waals surface area contributed by atoms with Gasteiger partial charge in [0, 0.05) is 42.9 Å². The lowest BCUT2D eigenvalue weighted by Crippen LogP contribution is -2.11. The van der Waals surface area contributed by atoms with Crippen molar-refractivity contribution in [3.8, 4) is 22.3 Å². The van der Waals surface area contributed by atoms with Crippen molar-refractivity contribution in [1.82, 2.24) is 0 Å². The Bertz CT molecular complexity index is 3540. The monoisotopic (exact) mass is 743 g/mol. The van der Waals surface area contributed by atoms with E-state index in [1.54, 1.807) is 0 Å². The Labute approximate surface area is 333 Å². The molecule has 0 atom stereocenters. The molecule has 10 aromatic carbocycles. The number of thiophene rings is 1. The van der Waals surface area contributed by atoms with Crippen molar-refractivity contribution in [3.05, 3.63) is 200 Å². The van der Waals surface area contributed by atoms with E-state index in [-0.39, 0.29) is 0 Å². The first-order valence-electron chi connectivity index (χ1n) is 19.4. The van der Waals surface area contributed by atoms with E-state index < -0.39 is 0 Å². The van der Waals surface area contributed by atoms with Crippen molar-refractivity contribution in [3.63, 3.8) is 0 Å². The molecule has 0 N–H and O–H groups in total. The summed E-state index contributed by atoms with van der Waals surface area (Å²) in [5, 5.41) is 12.2. The average molecular weight is 744 g/mol. The van der Waals surface area contributed by atoms with Crippen LogP contribution in [0.1, 0.15) is 0 Å². The zero-order valence-electron chi connectivity index (χ0n) is 30.8. The van der Waals surface area contributed by atoms with Crippen LogP contribution in [0.5, 0.6) is 0 Å². The van der Waals surface area contributed by atoms with Crippen LogP contribution in [0.25, 0.3) is 96.7 Å². The van der Waals surface area contributed by atoms with Crippen LogP contribution >= 0.6 is 11.3 Å². The summed E-state index contributed by atoms with van der Waals surface area (Å²) >= 11 is 1.86. The molecule has 2 aromatic heterocycles. The molecule has 2 nitrogen and oxygen atoms in total. The normalized spacial score (nSPS) is 11.9. The Morgan fingerprint density at radius 1 is 0.368 bits per heavy atom. The van der Waals surface area contributed by atoms with Gasteiger partial charge in [0.2, 0.25) is 0 Å². The lowest BCUT2D eigenvalue weighted by molar-refractivity contribution is 0.672. The largest absolute Gasteiger partial charge is 0.455 e. The Morgan fingerprint density at radius 2 is 1.00 bits per heavy atom. The van der Waals surface area contributed by atoms with Gasteiger partial charge < -0.3 is 9.32 Å². The number of rotatable bonds is 5. The molecule has 0 aliphatic heterocycles. The van der Waals surface area contributed by atoms with Crippen LogP contribution in [0.15, 0.2) is 205 Å². The second kappa shape index (κ2) is 12.7. The van der Waals surface area contributed by atoms with E-state index >= 15 is 0 Å². The first-order chi connectivity index (χ1) is 28.3. The molecule has 57 heavy (non-hydrogen) atoms. The number of para-hydroxylation sites is 1. The predicted octanol–water partition coefficient (Wildman–Crippen LogP) is 16.2. The number of nitrogens with zero attached hydrogens (tertiary/aromatic N) is 1. The van der Waals surface area contributed by atoms with Crippen LogP contribution in [0.3, 0.4) is 0 Å². The summed E-state index contributed by atoms with van der Waals surface area (Å²) in [5.41, 5.74) is 9.92. The molecule has 0 saturated heterocycles. The molecule has 0 bridgehead atoms. The highest BCUT2D eigenvalue weighted by molar-refractivity contribution is 7.26. The topological polar surface area (TPSA) is 16.4 Å². The molecule has 0 radical (unpaired) electrons. The molecule has 0 amide bonds. The summed E-state index contributed by atoms with van der Waals surface area (Å²) < 4.78 is 9.09. The highest BCUT2D eigenvalue weighted by Gasteiger charge is 2.22. The Balaban J connectivity index is 1.05. The van der Waals surface area contributed by atoms with E-state index in [0.29, 0.717) is 0 Å². The average Bonchev–Trinajstić information content (AvgIpc) is 3.86. The second-order valence-electron chi connectivity index (χ2n) is 14.8. The summed E-state index contributed by atoms with van der Waals surface area (Å²) in [6, 6.07) is 72.8. The highest BCUT2D eigenvalue weighted by atomic mass is 32.1. The summed E-state index contributed by atoms with van der Waals surface area (Å²) in [5.74, 6) is 0. The molecule has 0 aliphatic rings. The van der Waals surface area contributed by atoms with E-state index in [4.69, 9.17) is 4.42 Å². The molecule has 0 spiro atoms. The minimum absolute atomic E-state index is 0.895. The smallest absolute Gasteiger partial charge is 0.143 e. The first-order valence-corrected chi connectivity index (χ1v) is 20.2. The van der Waals surface area contributed by atoms with Gasteiger partial charge >= 0.3 is 0 Å². The lowest BCUT2D eigenvalue weighted by atomic mass is 9.94. The third-order valence-electron chi connectivity index (χ3n) is 11.7. The van der Waals surface area contributed by atoms with E-state index in [0.717, 1.165) is 55.5 Å². The van der Waals surface area contributed by atoms with Crippen LogP contribution in [0, 0.1) is 0 Å². The number of fused-ring (bicyclic) bond motifs is 11. The van der Waals surface area contributed by atoms with Crippen molar-refractivity contribution in [1.29, 1.82) is 0 Å². The van der Waals surface area contributed by atoms with Gasteiger partial charge in [-0.25, -0.2) is 0 Å². The van der Waals surface area contributed by atoms with Crippen LogP contribution in [0.2, 0.25) is 0 Å². The van der Waals surface area contributed by atoms with E-state index in [9.17, 15) is 0 Å². The molecule has 0 fully saturated rings. The number of anilines is 3. The Kier molecular flexibility index (Phi) is 7.13. The van der Waals surface area contributed by atoms with Gasteiger partial charge in [0.05, 0.1) is 16.1 Å². The van der Waals surface area contributed by atoms with Crippen LogP contribution < -0.4 is 4.90 Å². The molecule has 12 rings (SSSR count). The fourth-order valence-electron chi connectivity index (χ4n) is 8.98. The fourth-order valence-corrected chi connectivity index (χ4v) is 10.2. The quantitative estimate of drug-likeness (QED) is 0.163. The molecule has 0 aliphatic carbocycles.